The van der Waals surface area contributed by atoms with Gasteiger partial charge in [0.05, 0.1) is 5.56 Å². The van der Waals surface area contributed by atoms with Crippen molar-refractivity contribution in [3.05, 3.63) is 29.3 Å². The zero-order valence-electron chi connectivity index (χ0n) is 11.9. The molecule has 0 spiro atoms. The second kappa shape index (κ2) is 5.64. The lowest BCUT2D eigenvalue weighted by Crippen LogP contribution is -2.33. The SMILES string of the molecule is Cc1cc(C(=O)O)ccc1NC1CC(C)CCC1C. The number of rotatable bonds is 3. The summed E-state index contributed by atoms with van der Waals surface area (Å²) in [5.41, 5.74) is 2.43. The van der Waals surface area contributed by atoms with Crippen molar-refractivity contribution >= 4 is 11.7 Å². The van der Waals surface area contributed by atoms with Gasteiger partial charge in [-0.2, -0.15) is 0 Å². The van der Waals surface area contributed by atoms with E-state index in [0.29, 0.717) is 17.5 Å². The average molecular weight is 261 g/mol. The highest BCUT2D eigenvalue weighted by Gasteiger charge is 2.25. The number of benzene rings is 1. The monoisotopic (exact) mass is 261 g/mol. The van der Waals surface area contributed by atoms with E-state index in [0.717, 1.165) is 17.2 Å². The van der Waals surface area contributed by atoms with E-state index in [1.54, 1.807) is 12.1 Å². The molecule has 1 aromatic rings. The first-order chi connectivity index (χ1) is 8.97. The van der Waals surface area contributed by atoms with Gasteiger partial charge in [0.1, 0.15) is 0 Å². The third kappa shape index (κ3) is 3.28. The van der Waals surface area contributed by atoms with Gasteiger partial charge in [0, 0.05) is 11.7 Å². The topological polar surface area (TPSA) is 49.3 Å². The van der Waals surface area contributed by atoms with E-state index in [2.05, 4.69) is 19.2 Å². The Bertz CT molecular complexity index is 470. The molecule has 0 heterocycles. The first-order valence-corrected chi connectivity index (χ1v) is 7.08. The first kappa shape index (κ1) is 13.9. The van der Waals surface area contributed by atoms with E-state index in [4.69, 9.17) is 5.11 Å². The van der Waals surface area contributed by atoms with Crippen molar-refractivity contribution < 1.29 is 9.90 Å². The highest BCUT2D eigenvalue weighted by molar-refractivity contribution is 5.88. The van der Waals surface area contributed by atoms with Gasteiger partial charge >= 0.3 is 5.97 Å². The maximum atomic E-state index is 10.9. The molecule has 0 aliphatic heterocycles. The standard InChI is InChI=1S/C16H23NO2/c1-10-4-5-11(2)15(8-10)17-14-7-6-13(16(18)19)9-12(14)3/h6-7,9-11,15,17H,4-5,8H2,1-3H3,(H,18,19). The van der Waals surface area contributed by atoms with Gasteiger partial charge in [-0.3, -0.25) is 0 Å². The third-order valence-electron chi connectivity index (χ3n) is 4.27. The van der Waals surface area contributed by atoms with Crippen LogP contribution in [0.25, 0.3) is 0 Å². The van der Waals surface area contributed by atoms with Crippen molar-refractivity contribution in [3.63, 3.8) is 0 Å². The van der Waals surface area contributed by atoms with Crippen LogP contribution in [0.15, 0.2) is 18.2 Å². The summed E-state index contributed by atoms with van der Waals surface area (Å²) in [6.07, 6.45) is 3.78. The number of nitrogens with one attached hydrogen (secondary N) is 1. The largest absolute Gasteiger partial charge is 0.478 e. The van der Waals surface area contributed by atoms with Crippen LogP contribution in [-0.2, 0) is 0 Å². The highest BCUT2D eigenvalue weighted by atomic mass is 16.4. The molecule has 1 aliphatic carbocycles. The number of hydrogen-bond acceptors (Lipinski definition) is 2. The van der Waals surface area contributed by atoms with Gasteiger partial charge < -0.3 is 10.4 Å². The Balaban J connectivity index is 2.12. The molecule has 1 aliphatic rings. The number of aromatic carboxylic acids is 1. The maximum absolute atomic E-state index is 10.9. The van der Waals surface area contributed by atoms with Gasteiger partial charge in [-0.25, -0.2) is 4.79 Å². The lowest BCUT2D eigenvalue weighted by atomic mass is 9.80. The van der Waals surface area contributed by atoms with Crippen molar-refractivity contribution in [2.75, 3.05) is 5.32 Å². The van der Waals surface area contributed by atoms with E-state index >= 15 is 0 Å². The molecule has 0 radical (unpaired) electrons. The number of anilines is 1. The molecule has 1 fully saturated rings. The summed E-state index contributed by atoms with van der Waals surface area (Å²) in [7, 11) is 0. The molecule has 104 valence electrons. The van der Waals surface area contributed by atoms with Crippen molar-refractivity contribution in [1.82, 2.24) is 0 Å². The Labute approximate surface area is 115 Å². The molecule has 0 aromatic heterocycles. The molecule has 3 nitrogen and oxygen atoms in total. The highest BCUT2D eigenvalue weighted by Crippen LogP contribution is 2.31. The van der Waals surface area contributed by atoms with Gasteiger partial charge in [-0.1, -0.05) is 20.3 Å². The molecule has 2 rings (SSSR count). The van der Waals surface area contributed by atoms with Crippen LogP contribution in [0, 0.1) is 18.8 Å². The van der Waals surface area contributed by atoms with Gasteiger partial charge in [-0.15, -0.1) is 0 Å². The third-order valence-corrected chi connectivity index (χ3v) is 4.27. The Hall–Kier alpha value is -1.51. The predicted octanol–water partition coefficient (Wildman–Crippen LogP) is 3.93. The van der Waals surface area contributed by atoms with Crippen LogP contribution in [0.4, 0.5) is 5.69 Å². The van der Waals surface area contributed by atoms with Gasteiger partial charge in [0.2, 0.25) is 0 Å². The van der Waals surface area contributed by atoms with Gasteiger partial charge in [0.15, 0.2) is 0 Å². The minimum atomic E-state index is -0.866. The fraction of sp³-hybridized carbons (Fsp3) is 0.562. The fourth-order valence-electron chi connectivity index (χ4n) is 2.89. The van der Waals surface area contributed by atoms with E-state index in [1.807, 2.05) is 13.0 Å². The fourth-order valence-corrected chi connectivity index (χ4v) is 2.89. The minimum Gasteiger partial charge on any atom is -0.478 e. The Morgan fingerprint density at radius 2 is 2.05 bits per heavy atom. The quantitative estimate of drug-likeness (QED) is 0.866. The number of hydrogen-bond donors (Lipinski definition) is 2. The normalized spacial score (nSPS) is 27.0. The number of aryl methyl sites for hydroxylation is 1. The van der Waals surface area contributed by atoms with Gasteiger partial charge in [-0.05, 0) is 55.4 Å². The van der Waals surface area contributed by atoms with E-state index < -0.39 is 5.97 Å². The Morgan fingerprint density at radius 1 is 1.32 bits per heavy atom. The zero-order chi connectivity index (χ0) is 14.0. The molecule has 3 unspecified atom stereocenters. The molecular weight excluding hydrogens is 238 g/mol. The molecule has 19 heavy (non-hydrogen) atoms. The molecule has 1 aromatic carbocycles. The van der Waals surface area contributed by atoms with Crippen molar-refractivity contribution in [2.45, 2.75) is 46.1 Å². The van der Waals surface area contributed by atoms with Crippen LogP contribution in [0.2, 0.25) is 0 Å². The minimum absolute atomic E-state index is 0.355. The number of carbonyl (C=O) groups is 1. The zero-order valence-corrected chi connectivity index (χ0v) is 11.9. The van der Waals surface area contributed by atoms with E-state index in [-0.39, 0.29) is 0 Å². The molecule has 0 saturated heterocycles. The summed E-state index contributed by atoms with van der Waals surface area (Å²) in [6.45, 7) is 6.57. The molecule has 1 saturated carbocycles. The average Bonchev–Trinajstić information content (AvgIpc) is 2.36. The summed E-state index contributed by atoms with van der Waals surface area (Å²) in [5, 5.41) is 12.6. The summed E-state index contributed by atoms with van der Waals surface area (Å²) in [5.74, 6) is 0.580. The molecule has 3 heteroatoms. The molecule has 2 N–H and O–H groups in total. The lowest BCUT2D eigenvalue weighted by Gasteiger charge is -2.34. The summed E-state index contributed by atoms with van der Waals surface area (Å²) < 4.78 is 0. The number of carboxylic acid groups (broad SMARTS) is 1. The smallest absolute Gasteiger partial charge is 0.335 e. The van der Waals surface area contributed by atoms with Crippen LogP contribution in [-0.4, -0.2) is 17.1 Å². The maximum Gasteiger partial charge on any atom is 0.335 e. The molecule has 0 amide bonds. The van der Waals surface area contributed by atoms with Crippen LogP contribution in [0.5, 0.6) is 0 Å². The number of carboxylic acids is 1. The van der Waals surface area contributed by atoms with Crippen LogP contribution >= 0.6 is 0 Å². The van der Waals surface area contributed by atoms with E-state index in [1.165, 1.54) is 19.3 Å². The molecular formula is C16H23NO2. The van der Waals surface area contributed by atoms with Gasteiger partial charge in [0.25, 0.3) is 0 Å². The summed E-state index contributed by atoms with van der Waals surface area (Å²) in [4.78, 5) is 10.9. The Kier molecular flexibility index (Phi) is 4.13. The van der Waals surface area contributed by atoms with Crippen molar-refractivity contribution in [2.24, 2.45) is 11.8 Å². The van der Waals surface area contributed by atoms with Crippen molar-refractivity contribution in [1.29, 1.82) is 0 Å². The Morgan fingerprint density at radius 3 is 2.68 bits per heavy atom. The molecule has 3 atom stereocenters. The van der Waals surface area contributed by atoms with Crippen LogP contribution in [0.1, 0.15) is 49.0 Å². The molecule has 0 bridgehead atoms. The predicted molar refractivity (Wildman–Crippen MR) is 77.7 cm³/mol. The van der Waals surface area contributed by atoms with Crippen LogP contribution in [0.3, 0.4) is 0 Å². The first-order valence-electron chi connectivity index (χ1n) is 7.08. The van der Waals surface area contributed by atoms with Crippen LogP contribution < -0.4 is 5.32 Å². The summed E-state index contributed by atoms with van der Waals surface area (Å²) >= 11 is 0. The van der Waals surface area contributed by atoms with E-state index in [9.17, 15) is 4.79 Å². The second-order valence-corrected chi connectivity index (χ2v) is 5.98. The summed E-state index contributed by atoms with van der Waals surface area (Å²) in [6, 6.07) is 5.80. The second-order valence-electron chi connectivity index (χ2n) is 5.98. The lowest BCUT2D eigenvalue weighted by molar-refractivity contribution is 0.0697. The van der Waals surface area contributed by atoms with Crippen molar-refractivity contribution in [3.8, 4) is 0 Å².